The topological polar surface area (TPSA) is 30.2 Å². The van der Waals surface area contributed by atoms with Crippen LogP contribution in [-0.2, 0) is 5.75 Å². The van der Waals surface area contributed by atoms with E-state index >= 15 is 0 Å². The number of carbonyl (C=O) groups excluding carboxylic acids is 1. The lowest BCUT2D eigenvalue weighted by Gasteiger charge is -1.97. The van der Waals surface area contributed by atoms with Crippen molar-refractivity contribution in [3.05, 3.63) is 41.2 Å². The first kappa shape index (κ1) is 14.8. The summed E-state index contributed by atoms with van der Waals surface area (Å²) in [5.41, 5.74) is 0. The average Bonchev–Trinajstić information content (AvgIpc) is 3.07. The van der Waals surface area contributed by atoms with Crippen LogP contribution >= 0.6 is 34.9 Å². The second-order valence-electron chi connectivity index (χ2n) is 3.96. The fraction of sp³-hybridized carbons (Fsp3) is 0.357. The first-order valence-corrected chi connectivity index (χ1v) is 9.11. The monoisotopic (exact) mass is 312 g/mol. The number of thiophene rings is 1. The molecule has 19 heavy (non-hydrogen) atoms. The van der Waals surface area contributed by atoms with Crippen molar-refractivity contribution >= 4 is 40.6 Å². The predicted octanol–water partition coefficient (Wildman–Crippen LogP) is 4.96. The van der Waals surface area contributed by atoms with E-state index < -0.39 is 0 Å². The summed E-state index contributed by atoms with van der Waals surface area (Å²) in [4.78, 5) is 12.9. The normalized spacial score (nSPS) is 10.8. The smallest absolute Gasteiger partial charge is 0.182 e. The number of furan rings is 1. The lowest BCUT2D eigenvalue weighted by atomic mass is 10.4. The molecule has 2 heterocycles. The van der Waals surface area contributed by atoms with Gasteiger partial charge < -0.3 is 4.42 Å². The van der Waals surface area contributed by atoms with Gasteiger partial charge in [-0.05, 0) is 36.4 Å². The van der Waals surface area contributed by atoms with Crippen LogP contribution in [0, 0.1) is 0 Å². The Labute approximate surface area is 126 Å². The molecule has 0 saturated carbocycles. The molecule has 0 saturated heterocycles. The number of rotatable bonds is 8. The highest BCUT2D eigenvalue weighted by molar-refractivity contribution is 8.01. The van der Waals surface area contributed by atoms with Crippen molar-refractivity contribution in [1.82, 2.24) is 0 Å². The maximum atomic E-state index is 12.0. The molecule has 0 radical (unpaired) electrons. The zero-order valence-corrected chi connectivity index (χ0v) is 13.2. The minimum atomic E-state index is 0.213. The molecule has 2 aromatic heterocycles. The van der Waals surface area contributed by atoms with Crippen LogP contribution in [0.4, 0.5) is 0 Å². The van der Waals surface area contributed by atoms with Crippen molar-refractivity contribution < 1.29 is 9.21 Å². The molecule has 0 unspecified atom stereocenters. The predicted molar refractivity (Wildman–Crippen MR) is 84.5 cm³/mol. The molecule has 0 aliphatic heterocycles. The van der Waals surface area contributed by atoms with Crippen LogP contribution in [0.25, 0.3) is 0 Å². The third kappa shape index (κ3) is 4.75. The molecular weight excluding hydrogens is 296 g/mol. The molecule has 2 rings (SSSR count). The Morgan fingerprint density at radius 1 is 1.37 bits per heavy atom. The van der Waals surface area contributed by atoms with E-state index in [9.17, 15) is 4.79 Å². The lowest BCUT2D eigenvalue weighted by molar-refractivity contribution is 0.102. The van der Waals surface area contributed by atoms with Crippen LogP contribution in [0.15, 0.2) is 39.2 Å². The van der Waals surface area contributed by atoms with E-state index in [1.165, 1.54) is 4.21 Å². The molecule has 0 amide bonds. The standard InChI is InChI=1S/C14H16O2S3/c1-2-8-18-14-6-5-13(19-14)12(15)10-17-9-11-4-3-7-16-11/h3-7H,2,8-10H2,1H3. The summed E-state index contributed by atoms with van der Waals surface area (Å²) in [6, 6.07) is 7.80. The molecule has 0 aliphatic carbocycles. The molecule has 0 atom stereocenters. The summed E-state index contributed by atoms with van der Waals surface area (Å²) in [6.07, 6.45) is 2.82. The Balaban J connectivity index is 1.77. The quantitative estimate of drug-likeness (QED) is 0.509. The maximum absolute atomic E-state index is 12.0. The molecule has 0 spiro atoms. The second-order valence-corrected chi connectivity index (χ2v) is 7.43. The molecule has 0 aliphatic rings. The largest absolute Gasteiger partial charge is 0.468 e. The third-order valence-electron chi connectivity index (χ3n) is 2.36. The summed E-state index contributed by atoms with van der Waals surface area (Å²) in [7, 11) is 0. The van der Waals surface area contributed by atoms with Gasteiger partial charge in [0, 0.05) is 0 Å². The van der Waals surface area contributed by atoms with E-state index in [4.69, 9.17) is 4.42 Å². The van der Waals surface area contributed by atoms with Gasteiger partial charge in [-0.1, -0.05) is 6.92 Å². The van der Waals surface area contributed by atoms with E-state index in [2.05, 4.69) is 13.0 Å². The molecule has 0 aromatic carbocycles. The fourth-order valence-corrected chi connectivity index (χ4v) is 4.36. The van der Waals surface area contributed by atoms with Crippen LogP contribution < -0.4 is 0 Å². The van der Waals surface area contributed by atoms with Crippen LogP contribution in [0.5, 0.6) is 0 Å². The van der Waals surface area contributed by atoms with Gasteiger partial charge in [0.2, 0.25) is 0 Å². The molecular formula is C14H16O2S3. The summed E-state index contributed by atoms with van der Waals surface area (Å²) < 4.78 is 6.47. The Bertz CT molecular complexity index is 503. The molecule has 102 valence electrons. The van der Waals surface area contributed by atoms with Gasteiger partial charge in [-0.2, -0.15) is 0 Å². The Hall–Kier alpha value is -0.650. The highest BCUT2D eigenvalue weighted by Gasteiger charge is 2.10. The minimum Gasteiger partial charge on any atom is -0.468 e. The first-order chi connectivity index (χ1) is 9.29. The lowest BCUT2D eigenvalue weighted by Crippen LogP contribution is -1.99. The molecule has 2 nitrogen and oxygen atoms in total. The van der Waals surface area contributed by atoms with Gasteiger partial charge in [0.05, 0.1) is 26.9 Å². The molecule has 5 heteroatoms. The van der Waals surface area contributed by atoms with Gasteiger partial charge in [0.1, 0.15) is 5.76 Å². The summed E-state index contributed by atoms with van der Waals surface area (Å²) in [5.74, 6) is 3.51. The van der Waals surface area contributed by atoms with Crippen molar-refractivity contribution in [2.75, 3.05) is 11.5 Å². The average molecular weight is 312 g/mol. The van der Waals surface area contributed by atoms with Crippen molar-refractivity contribution in [2.45, 2.75) is 23.3 Å². The van der Waals surface area contributed by atoms with E-state index in [0.29, 0.717) is 5.75 Å². The van der Waals surface area contributed by atoms with Gasteiger partial charge in [-0.15, -0.1) is 34.9 Å². The molecule has 0 bridgehead atoms. The SMILES string of the molecule is CCCSc1ccc(C(=O)CSCc2ccco2)s1. The highest BCUT2D eigenvalue weighted by Crippen LogP contribution is 2.28. The van der Waals surface area contributed by atoms with E-state index in [-0.39, 0.29) is 5.78 Å². The van der Waals surface area contributed by atoms with E-state index in [1.54, 1.807) is 29.4 Å². The number of carbonyl (C=O) groups is 1. The third-order valence-corrected chi connectivity index (χ3v) is 5.87. The van der Waals surface area contributed by atoms with Gasteiger partial charge >= 0.3 is 0 Å². The van der Waals surface area contributed by atoms with Crippen molar-refractivity contribution in [3.8, 4) is 0 Å². The zero-order valence-electron chi connectivity index (χ0n) is 10.8. The minimum absolute atomic E-state index is 0.213. The van der Waals surface area contributed by atoms with Crippen LogP contribution in [0.3, 0.4) is 0 Å². The summed E-state index contributed by atoms with van der Waals surface area (Å²) in [5, 5.41) is 0. The molecule has 0 N–H and O–H groups in total. The van der Waals surface area contributed by atoms with E-state index in [1.807, 2.05) is 30.0 Å². The maximum Gasteiger partial charge on any atom is 0.182 e. The van der Waals surface area contributed by atoms with Crippen molar-refractivity contribution in [3.63, 3.8) is 0 Å². The van der Waals surface area contributed by atoms with Crippen LogP contribution in [0.2, 0.25) is 0 Å². The Morgan fingerprint density at radius 2 is 2.26 bits per heavy atom. The van der Waals surface area contributed by atoms with Gasteiger partial charge in [-0.25, -0.2) is 0 Å². The zero-order chi connectivity index (χ0) is 13.5. The fourth-order valence-electron chi connectivity index (χ4n) is 1.46. The number of hydrogen-bond donors (Lipinski definition) is 0. The Morgan fingerprint density at radius 3 is 3.00 bits per heavy atom. The van der Waals surface area contributed by atoms with E-state index in [0.717, 1.165) is 28.6 Å². The van der Waals surface area contributed by atoms with Crippen molar-refractivity contribution in [2.24, 2.45) is 0 Å². The van der Waals surface area contributed by atoms with Gasteiger partial charge in [0.25, 0.3) is 0 Å². The Kier molecular flexibility index (Phi) is 6.07. The van der Waals surface area contributed by atoms with Crippen LogP contribution in [-0.4, -0.2) is 17.3 Å². The highest BCUT2D eigenvalue weighted by atomic mass is 32.2. The number of ketones is 1. The van der Waals surface area contributed by atoms with Crippen molar-refractivity contribution in [1.29, 1.82) is 0 Å². The number of Topliss-reactive ketones (excluding diaryl/α,β-unsaturated/α-hetero) is 1. The number of thioether (sulfide) groups is 2. The molecule has 2 aromatic rings. The summed E-state index contributed by atoms with van der Waals surface area (Å²) in [6.45, 7) is 2.16. The van der Waals surface area contributed by atoms with Gasteiger partial charge in [-0.3, -0.25) is 4.79 Å². The summed E-state index contributed by atoms with van der Waals surface area (Å²) >= 11 is 5.03. The first-order valence-electron chi connectivity index (χ1n) is 6.15. The van der Waals surface area contributed by atoms with Gasteiger partial charge in [0.15, 0.2) is 5.78 Å². The number of hydrogen-bond acceptors (Lipinski definition) is 5. The molecule has 0 fully saturated rings. The second kappa shape index (κ2) is 7.82. The van der Waals surface area contributed by atoms with Crippen LogP contribution in [0.1, 0.15) is 28.8 Å².